The standard InChI is InChI=1S/C16H18N2S3/c1-11(2)15(14-4-3-6-20-14)17-8-13-10-21-16(18-13)12-5-7-19-9-12/h3-7,9-11,15,17H,8H2,1-2H3. The van der Waals surface area contributed by atoms with Gasteiger partial charge in [-0.1, -0.05) is 19.9 Å². The maximum Gasteiger partial charge on any atom is 0.124 e. The molecular weight excluding hydrogens is 316 g/mol. The maximum absolute atomic E-state index is 4.73. The van der Waals surface area contributed by atoms with Crippen LogP contribution in [0.1, 0.15) is 30.5 Å². The summed E-state index contributed by atoms with van der Waals surface area (Å²) in [6.07, 6.45) is 0. The van der Waals surface area contributed by atoms with E-state index >= 15 is 0 Å². The molecule has 0 aliphatic heterocycles. The molecule has 3 heterocycles. The van der Waals surface area contributed by atoms with E-state index in [-0.39, 0.29) is 0 Å². The van der Waals surface area contributed by atoms with Crippen molar-refractivity contribution in [3.8, 4) is 10.6 Å². The summed E-state index contributed by atoms with van der Waals surface area (Å²) >= 11 is 5.26. The molecule has 0 amide bonds. The molecule has 0 aromatic carbocycles. The molecule has 0 fully saturated rings. The zero-order valence-electron chi connectivity index (χ0n) is 12.1. The second-order valence-electron chi connectivity index (χ2n) is 5.27. The van der Waals surface area contributed by atoms with Gasteiger partial charge in [0.05, 0.1) is 5.69 Å². The van der Waals surface area contributed by atoms with E-state index in [4.69, 9.17) is 4.98 Å². The van der Waals surface area contributed by atoms with Gasteiger partial charge in [-0.25, -0.2) is 4.98 Å². The Morgan fingerprint density at radius 1 is 1.14 bits per heavy atom. The maximum atomic E-state index is 4.73. The minimum Gasteiger partial charge on any atom is -0.303 e. The quantitative estimate of drug-likeness (QED) is 0.651. The lowest BCUT2D eigenvalue weighted by Gasteiger charge is -2.20. The Hall–Kier alpha value is -1.01. The highest BCUT2D eigenvalue weighted by atomic mass is 32.1. The smallest absolute Gasteiger partial charge is 0.124 e. The normalized spacial score (nSPS) is 12.9. The Bertz CT molecular complexity index is 654. The molecular formula is C16H18N2S3. The van der Waals surface area contributed by atoms with Crippen molar-refractivity contribution in [1.29, 1.82) is 0 Å². The second-order valence-corrected chi connectivity index (χ2v) is 7.89. The summed E-state index contributed by atoms with van der Waals surface area (Å²) in [5.41, 5.74) is 2.36. The van der Waals surface area contributed by atoms with Gasteiger partial charge in [-0.2, -0.15) is 11.3 Å². The number of aromatic nitrogens is 1. The number of rotatable bonds is 6. The van der Waals surface area contributed by atoms with Gasteiger partial charge in [-0.3, -0.25) is 0 Å². The monoisotopic (exact) mass is 334 g/mol. The lowest BCUT2D eigenvalue weighted by Crippen LogP contribution is -2.24. The van der Waals surface area contributed by atoms with Gasteiger partial charge in [0, 0.05) is 33.8 Å². The Balaban J connectivity index is 1.67. The van der Waals surface area contributed by atoms with Crippen LogP contribution < -0.4 is 5.32 Å². The van der Waals surface area contributed by atoms with Gasteiger partial charge in [0.2, 0.25) is 0 Å². The molecule has 3 aromatic heterocycles. The van der Waals surface area contributed by atoms with Gasteiger partial charge in [0.15, 0.2) is 0 Å². The molecule has 0 aliphatic carbocycles. The van der Waals surface area contributed by atoms with E-state index in [1.807, 2.05) is 11.3 Å². The first-order chi connectivity index (χ1) is 10.2. The van der Waals surface area contributed by atoms with Crippen LogP contribution in [0.3, 0.4) is 0 Å². The fourth-order valence-corrected chi connectivity index (χ4v) is 4.76. The van der Waals surface area contributed by atoms with Crippen molar-refractivity contribution in [2.45, 2.75) is 26.4 Å². The predicted octanol–water partition coefficient (Wildman–Crippen LogP) is 5.42. The van der Waals surface area contributed by atoms with Crippen LogP contribution in [0, 0.1) is 5.92 Å². The third kappa shape index (κ3) is 3.61. The second kappa shape index (κ2) is 6.83. The third-order valence-electron chi connectivity index (χ3n) is 3.34. The fraction of sp³-hybridized carbons (Fsp3) is 0.312. The van der Waals surface area contributed by atoms with Crippen molar-refractivity contribution in [3.63, 3.8) is 0 Å². The summed E-state index contributed by atoms with van der Waals surface area (Å²) < 4.78 is 0. The molecule has 0 spiro atoms. The van der Waals surface area contributed by atoms with Crippen LogP contribution in [0.15, 0.2) is 39.7 Å². The SMILES string of the molecule is CC(C)C(NCc1csc(-c2ccsc2)n1)c1cccs1. The minimum atomic E-state index is 0.399. The predicted molar refractivity (Wildman–Crippen MR) is 94.2 cm³/mol. The highest BCUT2D eigenvalue weighted by Crippen LogP contribution is 2.28. The first-order valence-electron chi connectivity index (χ1n) is 6.98. The van der Waals surface area contributed by atoms with Crippen molar-refractivity contribution in [1.82, 2.24) is 10.3 Å². The largest absolute Gasteiger partial charge is 0.303 e. The van der Waals surface area contributed by atoms with Crippen LogP contribution in [0.25, 0.3) is 10.6 Å². The summed E-state index contributed by atoms with van der Waals surface area (Å²) in [5, 5.41) is 13.3. The Morgan fingerprint density at radius 3 is 2.71 bits per heavy atom. The summed E-state index contributed by atoms with van der Waals surface area (Å²) in [5.74, 6) is 0.568. The van der Waals surface area contributed by atoms with Gasteiger partial charge in [-0.15, -0.1) is 22.7 Å². The Labute approximate surface area is 137 Å². The van der Waals surface area contributed by atoms with Crippen LogP contribution in [-0.4, -0.2) is 4.98 Å². The number of nitrogens with one attached hydrogen (secondary N) is 1. The van der Waals surface area contributed by atoms with E-state index in [1.165, 1.54) is 10.4 Å². The van der Waals surface area contributed by atoms with E-state index in [9.17, 15) is 0 Å². The number of hydrogen-bond donors (Lipinski definition) is 1. The third-order valence-corrected chi connectivity index (χ3v) is 5.92. The first-order valence-corrected chi connectivity index (χ1v) is 9.68. The lowest BCUT2D eigenvalue weighted by atomic mass is 10.0. The lowest BCUT2D eigenvalue weighted by molar-refractivity contribution is 0.415. The van der Waals surface area contributed by atoms with Gasteiger partial charge in [0.25, 0.3) is 0 Å². The van der Waals surface area contributed by atoms with Crippen molar-refractivity contribution in [3.05, 3.63) is 50.3 Å². The number of thiophene rings is 2. The highest BCUT2D eigenvalue weighted by molar-refractivity contribution is 7.14. The molecule has 0 saturated carbocycles. The molecule has 5 heteroatoms. The van der Waals surface area contributed by atoms with Gasteiger partial charge in [-0.05, 0) is 28.8 Å². The van der Waals surface area contributed by atoms with Gasteiger partial charge >= 0.3 is 0 Å². The molecule has 3 aromatic rings. The molecule has 0 radical (unpaired) electrons. The van der Waals surface area contributed by atoms with Crippen LogP contribution >= 0.6 is 34.0 Å². The molecule has 3 rings (SSSR count). The van der Waals surface area contributed by atoms with Crippen LogP contribution in [0.4, 0.5) is 0 Å². The highest BCUT2D eigenvalue weighted by Gasteiger charge is 2.16. The summed E-state index contributed by atoms with van der Waals surface area (Å²) in [6, 6.07) is 6.86. The van der Waals surface area contributed by atoms with Crippen molar-refractivity contribution >= 4 is 34.0 Å². The summed E-state index contributed by atoms with van der Waals surface area (Å²) in [4.78, 5) is 6.13. The van der Waals surface area contributed by atoms with Gasteiger partial charge in [0.1, 0.15) is 5.01 Å². The van der Waals surface area contributed by atoms with Crippen LogP contribution in [0.5, 0.6) is 0 Å². The van der Waals surface area contributed by atoms with E-state index < -0.39 is 0 Å². The van der Waals surface area contributed by atoms with Crippen LogP contribution in [0.2, 0.25) is 0 Å². The molecule has 2 nitrogen and oxygen atoms in total. The topological polar surface area (TPSA) is 24.9 Å². The minimum absolute atomic E-state index is 0.399. The van der Waals surface area contributed by atoms with E-state index in [0.29, 0.717) is 12.0 Å². The average molecular weight is 335 g/mol. The van der Waals surface area contributed by atoms with Crippen LogP contribution in [-0.2, 0) is 6.54 Å². The molecule has 0 saturated heterocycles. The molecule has 21 heavy (non-hydrogen) atoms. The van der Waals surface area contributed by atoms with Crippen molar-refractivity contribution in [2.75, 3.05) is 0 Å². The molecule has 0 bridgehead atoms. The first kappa shape index (κ1) is 14.9. The van der Waals surface area contributed by atoms with E-state index in [1.54, 1.807) is 22.7 Å². The number of nitrogens with zero attached hydrogens (tertiary/aromatic N) is 1. The average Bonchev–Trinajstić information content (AvgIpc) is 3.21. The Morgan fingerprint density at radius 2 is 2.05 bits per heavy atom. The molecule has 110 valence electrons. The van der Waals surface area contributed by atoms with Crippen molar-refractivity contribution in [2.24, 2.45) is 5.92 Å². The number of thiazole rings is 1. The fourth-order valence-electron chi connectivity index (χ4n) is 2.25. The zero-order chi connectivity index (χ0) is 14.7. The molecule has 0 aliphatic rings. The van der Waals surface area contributed by atoms with Crippen molar-refractivity contribution < 1.29 is 0 Å². The Kier molecular flexibility index (Phi) is 4.85. The molecule has 1 N–H and O–H groups in total. The number of hydrogen-bond acceptors (Lipinski definition) is 5. The molecule has 1 atom stereocenters. The van der Waals surface area contributed by atoms with Gasteiger partial charge < -0.3 is 5.32 Å². The zero-order valence-corrected chi connectivity index (χ0v) is 14.5. The molecule has 1 unspecified atom stereocenters. The van der Waals surface area contributed by atoms with E-state index in [0.717, 1.165) is 17.2 Å². The van der Waals surface area contributed by atoms with E-state index in [2.05, 4.69) is 58.9 Å². The summed E-state index contributed by atoms with van der Waals surface area (Å²) in [7, 11) is 0. The summed E-state index contributed by atoms with van der Waals surface area (Å²) in [6.45, 7) is 5.34.